The molecule has 0 bridgehead atoms. The number of ether oxygens (including phenoxy) is 1. The van der Waals surface area contributed by atoms with E-state index in [2.05, 4.69) is 16.2 Å². The van der Waals surface area contributed by atoms with E-state index in [1.807, 2.05) is 44.2 Å². The summed E-state index contributed by atoms with van der Waals surface area (Å²) >= 11 is 0. The Balaban J connectivity index is 2.02. The van der Waals surface area contributed by atoms with Crippen LogP contribution in [0, 0.1) is 25.2 Å². The number of aryl methyl sites for hydroxylation is 2. The van der Waals surface area contributed by atoms with Gasteiger partial charge in [-0.2, -0.15) is 5.26 Å². The number of hydrogen-bond acceptors (Lipinski definition) is 6. The number of nitrogens with zero attached hydrogens (tertiary/aromatic N) is 4. The first-order valence-corrected chi connectivity index (χ1v) is 9.48. The molecule has 0 saturated heterocycles. The lowest BCUT2D eigenvalue weighted by molar-refractivity contribution is 0.393. The van der Waals surface area contributed by atoms with Crippen LogP contribution in [0.5, 0.6) is 5.75 Å². The smallest absolute Gasteiger partial charge is 0.255 e. The number of benzene rings is 1. The molecule has 0 saturated carbocycles. The minimum absolute atomic E-state index is 0.0314. The SMILES string of the molecule is COc1cc2c(cc1-c1c(C)noc1C)cc(CC#N)c(=O)n2Cc1ccccn1. The second-order valence-corrected chi connectivity index (χ2v) is 7.03. The third kappa shape index (κ3) is 3.33. The van der Waals surface area contributed by atoms with Crippen molar-refractivity contribution in [3.8, 4) is 22.9 Å². The van der Waals surface area contributed by atoms with E-state index in [0.717, 1.165) is 27.9 Å². The van der Waals surface area contributed by atoms with Gasteiger partial charge in [0.25, 0.3) is 5.56 Å². The van der Waals surface area contributed by atoms with Gasteiger partial charge in [-0.1, -0.05) is 11.2 Å². The fourth-order valence-electron chi connectivity index (χ4n) is 3.72. The first kappa shape index (κ1) is 19.4. The van der Waals surface area contributed by atoms with Crippen molar-refractivity contribution in [1.82, 2.24) is 14.7 Å². The molecule has 4 rings (SSSR count). The molecule has 0 fully saturated rings. The first-order valence-electron chi connectivity index (χ1n) is 9.48. The summed E-state index contributed by atoms with van der Waals surface area (Å²) in [6.45, 7) is 4.02. The maximum absolute atomic E-state index is 13.1. The van der Waals surface area contributed by atoms with Gasteiger partial charge in [0, 0.05) is 23.4 Å². The number of pyridine rings is 2. The maximum atomic E-state index is 13.1. The van der Waals surface area contributed by atoms with Crippen molar-refractivity contribution in [2.75, 3.05) is 7.11 Å². The zero-order chi connectivity index (χ0) is 21.3. The summed E-state index contributed by atoms with van der Waals surface area (Å²) in [7, 11) is 1.59. The van der Waals surface area contributed by atoms with Crippen molar-refractivity contribution in [1.29, 1.82) is 5.26 Å². The fraction of sp³-hybridized carbons (Fsp3) is 0.217. The van der Waals surface area contributed by atoms with E-state index >= 15 is 0 Å². The predicted octanol–water partition coefficient (Wildman–Crippen LogP) is 3.79. The van der Waals surface area contributed by atoms with E-state index in [0.29, 0.717) is 29.1 Å². The lowest BCUT2D eigenvalue weighted by atomic mass is 9.99. The van der Waals surface area contributed by atoms with Crippen LogP contribution in [0.2, 0.25) is 0 Å². The zero-order valence-corrected chi connectivity index (χ0v) is 17.0. The molecule has 7 heteroatoms. The molecule has 0 amide bonds. The van der Waals surface area contributed by atoms with E-state index < -0.39 is 0 Å². The lowest BCUT2D eigenvalue weighted by Crippen LogP contribution is -2.25. The molecule has 7 nitrogen and oxygen atoms in total. The quantitative estimate of drug-likeness (QED) is 0.506. The molecule has 3 heterocycles. The minimum atomic E-state index is -0.207. The van der Waals surface area contributed by atoms with Crippen molar-refractivity contribution >= 4 is 10.9 Å². The Hall–Kier alpha value is -3.92. The first-order chi connectivity index (χ1) is 14.5. The second-order valence-electron chi connectivity index (χ2n) is 7.03. The monoisotopic (exact) mass is 400 g/mol. The normalized spacial score (nSPS) is 10.9. The molecule has 0 aliphatic carbocycles. The second kappa shape index (κ2) is 7.84. The number of aromatic nitrogens is 3. The van der Waals surface area contributed by atoms with Gasteiger partial charge < -0.3 is 13.8 Å². The molecular formula is C23H20N4O3. The zero-order valence-electron chi connectivity index (χ0n) is 17.0. The van der Waals surface area contributed by atoms with Gasteiger partial charge in [0.1, 0.15) is 11.5 Å². The fourth-order valence-corrected chi connectivity index (χ4v) is 3.72. The summed E-state index contributed by atoms with van der Waals surface area (Å²) < 4.78 is 12.6. The molecule has 0 spiro atoms. The lowest BCUT2D eigenvalue weighted by Gasteiger charge is -2.16. The number of nitriles is 1. The van der Waals surface area contributed by atoms with E-state index in [9.17, 15) is 10.1 Å². The van der Waals surface area contributed by atoms with Gasteiger partial charge in [0.2, 0.25) is 0 Å². The van der Waals surface area contributed by atoms with Gasteiger partial charge in [0.05, 0.1) is 48.6 Å². The van der Waals surface area contributed by atoms with Crippen molar-refractivity contribution in [3.05, 3.63) is 75.7 Å². The molecule has 1 aromatic carbocycles. The third-order valence-electron chi connectivity index (χ3n) is 5.11. The van der Waals surface area contributed by atoms with E-state index in [-0.39, 0.29) is 12.0 Å². The molecule has 30 heavy (non-hydrogen) atoms. The van der Waals surface area contributed by atoms with E-state index in [4.69, 9.17) is 9.26 Å². The third-order valence-corrected chi connectivity index (χ3v) is 5.11. The summed E-state index contributed by atoms with van der Waals surface area (Å²) in [5.41, 5.74) is 4.13. The van der Waals surface area contributed by atoms with E-state index in [1.165, 1.54) is 0 Å². The molecule has 150 valence electrons. The summed E-state index contributed by atoms with van der Waals surface area (Å²) in [6.07, 6.45) is 1.72. The highest BCUT2D eigenvalue weighted by atomic mass is 16.5. The largest absolute Gasteiger partial charge is 0.496 e. The summed E-state index contributed by atoms with van der Waals surface area (Å²) in [6, 6.07) is 13.2. The van der Waals surface area contributed by atoms with Crippen LogP contribution >= 0.6 is 0 Å². The van der Waals surface area contributed by atoms with Gasteiger partial charge >= 0.3 is 0 Å². The Bertz CT molecular complexity index is 1310. The molecule has 0 unspecified atom stereocenters. The van der Waals surface area contributed by atoms with Gasteiger partial charge in [-0.25, -0.2) is 0 Å². The average molecular weight is 400 g/mol. The van der Waals surface area contributed by atoms with Crippen LogP contribution in [0.4, 0.5) is 0 Å². The van der Waals surface area contributed by atoms with Crippen molar-refractivity contribution in [2.45, 2.75) is 26.8 Å². The number of fused-ring (bicyclic) bond motifs is 1. The van der Waals surface area contributed by atoms with Crippen molar-refractivity contribution in [2.24, 2.45) is 0 Å². The summed E-state index contributed by atoms with van der Waals surface area (Å²) in [4.78, 5) is 17.5. The molecule has 0 aliphatic rings. The van der Waals surface area contributed by atoms with Gasteiger partial charge in [-0.15, -0.1) is 0 Å². The molecule has 0 N–H and O–H groups in total. The Morgan fingerprint density at radius 1 is 1.23 bits per heavy atom. The average Bonchev–Trinajstić information content (AvgIpc) is 3.09. The summed E-state index contributed by atoms with van der Waals surface area (Å²) in [5, 5.41) is 14.1. The van der Waals surface area contributed by atoms with E-state index in [1.54, 1.807) is 23.9 Å². The maximum Gasteiger partial charge on any atom is 0.255 e. The van der Waals surface area contributed by atoms with Crippen molar-refractivity contribution < 1.29 is 9.26 Å². The van der Waals surface area contributed by atoms with Gasteiger partial charge in [-0.05, 0) is 43.5 Å². The minimum Gasteiger partial charge on any atom is -0.496 e. The molecule has 0 aliphatic heterocycles. The van der Waals surface area contributed by atoms with Crippen molar-refractivity contribution in [3.63, 3.8) is 0 Å². The van der Waals surface area contributed by atoms with Crippen LogP contribution in [0.3, 0.4) is 0 Å². The molecule has 4 aromatic rings. The number of rotatable bonds is 5. The number of methoxy groups -OCH3 is 1. The van der Waals surface area contributed by atoms with Crippen LogP contribution in [-0.4, -0.2) is 21.8 Å². The molecule has 0 radical (unpaired) electrons. The van der Waals surface area contributed by atoms with Gasteiger partial charge in [0.15, 0.2) is 0 Å². The van der Waals surface area contributed by atoms with Crippen LogP contribution in [0.1, 0.15) is 22.7 Å². The Kier molecular flexibility index (Phi) is 5.07. The molecule has 3 aromatic heterocycles. The molecular weight excluding hydrogens is 380 g/mol. The van der Waals surface area contributed by atoms with Crippen LogP contribution in [0.15, 0.2) is 51.9 Å². The molecule has 0 atom stereocenters. The van der Waals surface area contributed by atoms with Crippen LogP contribution in [0.25, 0.3) is 22.0 Å². The predicted molar refractivity (Wildman–Crippen MR) is 112 cm³/mol. The van der Waals surface area contributed by atoms with Crippen LogP contribution in [-0.2, 0) is 13.0 Å². The highest BCUT2D eigenvalue weighted by molar-refractivity contribution is 5.90. The highest BCUT2D eigenvalue weighted by Gasteiger charge is 2.19. The Morgan fingerprint density at radius 3 is 2.70 bits per heavy atom. The topological polar surface area (TPSA) is 93.9 Å². The van der Waals surface area contributed by atoms with Crippen LogP contribution < -0.4 is 10.3 Å². The number of hydrogen-bond donors (Lipinski definition) is 0. The summed E-state index contributed by atoms with van der Waals surface area (Å²) in [5.74, 6) is 1.29. The Labute approximate surface area is 173 Å². The van der Waals surface area contributed by atoms with Gasteiger partial charge in [-0.3, -0.25) is 9.78 Å². The highest BCUT2D eigenvalue weighted by Crippen LogP contribution is 2.37. The standard InChI is InChI=1S/C23H20N4O3/c1-14-22(15(2)30-26-14)19-11-17-10-16(7-8-24)23(28)27(20(17)12-21(19)29-3)13-18-6-4-5-9-25-18/h4-6,9-12H,7,13H2,1-3H3. The Morgan fingerprint density at radius 2 is 2.07 bits per heavy atom.